The zero-order chi connectivity index (χ0) is 28.8. The Morgan fingerprint density at radius 1 is 1.08 bits per heavy atom. The van der Waals surface area contributed by atoms with Gasteiger partial charge in [-0.2, -0.15) is 0 Å². The molecule has 1 aliphatic rings. The highest BCUT2D eigenvalue weighted by molar-refractivity contribution is 6.31. The van der Waals surface area contributed by atoms with Crippen molar-refractivity contribution in [2.45, 2.75) is 83.3 Å². The molecular formula is C31H45ClN4O3. The third-order valence-corrected chi connectivity index (χ3v) is 8.99. The Kier molecular flexibility index (Phi) is 10.1. The van der Waals surface area contributed by atoms with Crippen molar-refractivity contribution in [2.24, 2.45) is 5.92 Å². The van der Waals surface area contributed by atoms with Gasteiger partial charge in [-0.1, -0.05) is 30.7 Å². The molecule has 1 fully saturated rings. The highest BCUT2D eigenvalue weighted by Crippen LogP contribution is 2.51. The van der Waals surface area contributed by atoms with E-state index in [0.717, 1.165) is 48.3 Å². The maximum absolute atomic E-state index is 13.5. The lowest BCUT2D eigenvalue weighted by molar-refractivity contribution is 0.0526. The fraction of sp³-hybridized carbons (Fsp3) is 0.548. The van der Waals surface area contributed by atoms with Gasteiger partial charge in [0.2, 0.25) is 0 Å². The summed E-state index contributed by atoms with van der Waals surface area (Å²) in [5.74, 6) is -0.248. The molecule has 0 radical (unpaired) electrons. The molecule has 0 aliphatic heterocycles. The van der Waals surface area contributed by atoms with Gasteiger partial charge >= 0.3 is 12.0 Å². The van der Waals surface area contributed by atoms with Crippen LogP contribution in [0.25, 0.3) is 0 Å². The summed E-state index contributed by atoms with van der Waals surface area (Å²) in [5, 5.41) is 13.9. The molecule has 2 aromatic rings. The van der Waals surface area contributed by atoms with Gasteiger partial charge in [-0.25, -0.2) is 9.59 Å². The number of benzene rings is 2. The maximum atomic E-state index is 13.5. The largest absolute Gasteiger partial charge is 0.462 e. The first kappa shape index (κ1) is 30.9. The lowest BCUT2D eigenvalue weighted by Gasteiger charge is -2.42. The smallest absolute Gasteiger partial charge is 0.338 e. The molecule has 8 heteroatoms. The summed E-state index contributed by atoms with van der Waals surface area (Å²) in [7, 11) is 3.97. The van der Waals surface area contributed by atoms with Crippen molar-refractivity contribution in [1.29, 1.82) is 0 Å². The molecule has 0 saturated heterocycles. The van der Waals surface area contributed by atoms with Crippen LogP contribution in [0.4, 0.5) is 10.5 Å². The number of anilines is 1. The summed E-state index contributed by atoms with van der Waals surface area (Å²) in [6.45, 7) is 10.8. The van der Waals surface area contributed by atoms with Crippen molar-refractivity contribution < 1.29 is 14.3 Å². The average molecular weight is 557 g/mol. The van der Waals surface area contributed by atoms with Crippen LogP contribution in [-0.2, 0) is 16.7 Å². The number of hydrogen-bond donors (Lipinski definition) is 4. The number of esters is 1. The highest BCUT2D eigenvalue weighted by Gasteiger charge is 2.55. The summed E-state index contributed by atoms with van der Waals surface area (Å²) in [6.07, 6.45) is 4.38. The normalized spacial score (nSPS) is 22.9. The number of carbonyl (C=O) groups is 2. The summed E-state index contributed by atoms with van der Waals surface area (Å²) in [4.78, 5) is 25.4. The Hall–Kier alpha value is -2.61. The third-order valence-electron chi connectivity index (χ3n) is 8.64. The lowest BCUT2D eigenvalue weighted by Crippen LogP contribution is -2.56. The first-order valence-corrected chi connectivity index (χ1v) is 14.3. The number of urea groups is 1. The van der Waals surface area contributed by atoms with Gasteiger partial charge in [-0.15, -0.1) is 0 Å². The van der Waals surface area contributed by atoms with Crippen LogP contribution >= 0.6 is 11.6 Å². The summed E-state index contributed by atoms with van der Waals surface area (Å²) in [6, 6.07) is 12.7. The molecule has 1 saturated carbocycles. The van der Waals surface area contributed by atoms with Crippen molar-refractivity contribution in [3.05, 3.63) is 64.2 Å². The minimum absolute atomic E-state index is 0.0186. The molecule has 214 valence electrons. The number of nitrogens with one attached hydrogen (secondary N) is 4. The van der Waals surface area contributed by atoms with Gasteiger partial charge in [0.25, 0.3) is 0 Å². The number of amides is 2. The van der Waals surface area contributed by atoms with Crippen LogP contribution in [0.2, 0.25) is 5.02 Å². The lowest BCUT2D eigenvalue weighted by atomic mass is 9.73. The Balaban J connectivity index is 1.89. The molecule has 3 unspecified atom stereocenters. The van der Waals surface area contributed by atoms with Crippen LogP contribution in [0.1, 0.15) is 81.8 Å². The fourth-order valence-electron chi connectivity index (χ4n) is 5.88. The second-order valence-electron chi connectivity index (χ2n) is 11.4. The number of halogens is 1. The zero-order valence-corrected chi connectivity index (χ0v) is 25.2. The van der Waals surface area contributed by atoms with Crippen LogP contribution in [0.15, 0.2) is 42.5 Å². The van der Waals surface area contributed by atoms with Crippen LogP contribution in [0.5, 0.6) is 0 Å². The van der Waals surface area contributed by atoms with Gasteiger partial charge in [0, 0.05) is 27.7 Å². The number of aryl methyl sites for hydroxylation is 1. The van der Waals surface area contributed by atoms with E-state index in [1.165, 1.54) is 0 Å². The molecule has 3 rings (SSSR count). The standard InChI is InChI=1S/C31H45ClN4O3/c1-8-26-30(5,34-7)18-19-31(26,23-13-10-21(25(32)20-23)16-17-29(3,4)33-6)36-28(38)35-24-14-11-22(12-15-24)27(37)39-9-2/h10-15,20,26,33-34H,8-9,16-19H2,1-7H3,(H2,35,36,38). The average Bonchev–Trinajstić information content (AvgIpc) is 3.20. The SMILES string of the molecule is CCOC(=O)c1ccc(NC(=O)NC2(c3ccc(CCC(C)(C)NC)c(Cl)c3)CCC(C)(NC)C2CC)cc1. The van der Waals surface area contributed by atoms with Gasteiger partial charge in [0.1, 0.15) is 0 Å². The van der Waals surface area contributed by atoms with E-state index in [-0.39, 0.29) is 29.0 Å². The fourth-order valence-corrected chi connectivity index (χ4v) is 6.16. The molecule has 1 aliphatic carbocycles. The predicted octanol–water partition coefficient (Wildman–Crippen LogP) is 6.26. The van der Waals surface area contributed by atoms with Gasteiger partial charge in [-0.3, -0.25) is 0 Å². The first-order valence-electron chi connectivity index (χ1n) is 14.0. The van der Waals surface area contributed by atoms with E-state index in [1.807, 2.05) is 20.2 Å². The molecule has 4 N–H and O–H groups in total. The van der Waals surface area contributed by atoms with Gasteiger partial charge in [0.15, 0.2) is 0 Å². The van der Waals surface area contributed by atoms with E-state index in [4.69, 9.17) is 16.3 Å². The Bertz CT molecular complexity index is 1150. The molecule has 3 atom stereocenters. The van der Waals surface area contributed by atoms with E-state index in [2.05, 4.69) is 61.1 Å². The minimum Gasteiger partial charge on any atom is -0.462 e. The molecular weight excluding hydrogens is 512 g/mol. The van der Waals surface area contributed by atoms with Crippen molar-refractivity contribution in [3.63, 3.8) is 0 Å². The quantitative estimate of drug-likeness (QED) is 0.245. The summed E-state index contributed by atoms with van der Waals surface area (Å²) in [5.41, 5.74) is 2.43. The van der Waals surface area contributed by atoms with Gasteiger partial charge in [-0.05, 0) is 115 Å². The third kappa shape index (κ3) is 6.94. The Morgan fingerprint density at radius 3 is 2.33 bits per heavy atom. The molecule has 2 amide bonds. The monoisotopic (exact) mass is 556 g/mol. The van der Waals surface area contributed by atoms with Crippen molar-refractivity contribution in [1.82, 2.24) is 16.0 Å². The van der Waals surface area contributed by atoms with Gasteiger partial charge in [0.05, 0.1) is 17.7 Å². The summed E-state index contributed by atoms with van der Waals surface area (Å²) >= 11 is 6.86. The highest BCUT2D eigenvalue weighted by atomic mass is 35.5. The molecule has 0 heterocycles. The van der Waals surface area contributed by atoms with Crippen LogP contribution in [0.3, 0.4) is 0 Å². The Labute approximate surface area is 238 Å². The van der Waals surface area contributed by atoms with E-state index in [0.29, 0.717) is 17.9 Å². The van der Waals surface area contributed by atoms with Crippen LogP contribution < -0.4 is 21.3 Å². The van der Waals surface area contributed by atoms with E-state index >= 15 is 0 Å². The summed E-state index contributed by atoms with van der Waals surface area (Å²) < 4.78 is 5.05. The van der Waals surface area contributed by atoms with Crippen LogP contribution in [0, 0.1) is 5.92 Å². The molecule has 0 bridgehead atoms. The molecule has 7 nitrogen and oxygen atoms in total. The van der Waals surface area contributed by atoms with Crippen molar-refractivity contribution in [2.75, 3.05) is 26.0 Å². The number of carbonyl (C=O) groups excluding carboxylic acids is 2. The van der Waals surface area contributed by atoms with E-state index in [9.17, 15) is 9.59 Å². The van der Waals surface area contributed by atoms with Crippen molar-refractivity contribution >= 4 is 29.3 Å². The minimum atomic E-state index is -0.603. The molecule has 2 aromatic carbocycles. The predicted molar refractivity (Wildman–Crippen MR) is 160 cm³/mol. The first-order chi connectivity index (χ1) is 18.4. The second-order valence-corrected chi connectivity index (χ2v) is 11.8. The Morgan fingerprint density at radius 2 is 1.77 bits per heavy atom. The van der Waals surface area contributed by atoms with Crippen LogP contribution in [-0.4, -0.2) is 43.8 Å². The number of hydrogen-bond acceptors (Lipinski definition) is 5. The van der Waals surface area contributed by atoms with Gasteiger partial charge < -0.3 is 26.0 Å². The van der Waals surface area contributed by atoms with Crippen molar-refractivity contribution in [3.8, 4) is 0 Å². The molecule has 0 aromatic heterocycles. The molecule has 0 spiro atoms. The number of rotatable bonds is 11. The second kappa shape index (κ2) is 12.7. The molecule has 39 heavy (non-hydrogen) atoms. The van der Waals surface area contributed by atoms with E-state index < -0.39 is 5.54 Å². The van der Waals surface area contributed by atoms with E-state index in [1.54, 1.807) is 31.2 Å². The maximum Gasteiger partial charge on any atom is 0.338 e. The zero-order valence-electron chi connectivity index (χ0n) is 24.5. The topological polar surface area (TPSA) is 91.5 Å². The number of ether oxygens (including phenoxy) is 1.